The molecule has 1 aromatic carbocycles. The van der Waals surface area contributed by atoms with Crippen LogP contribution < -0.4 is 0 Å². The van der Waals surface area contributed by atoms with Gasteiger partial charge in [-0.05, 0) is 48.8 Å². The highest BCUT2D eigenvalue weighted by Gasteiger charge is 2.42. The molecule has 1 amide bonds. The van der Waals surface area contributed by atoms with Gasteiger partial charge < -0.3 is 9.80 Å². The Morgan fingerprint density at radius 1 is 1.18 bits per heavy atom. The molecule has 2 fully saturated rings. The molecule has 0 radical (unpaired) electrons. The maximum absolute atomic E-state index is 12.6. The molecule has 3 heterocycles. The summed E-state index contributed by atoms with van der Waals surface area (Å²) in [6.45, 7) is 8.20. The largest absolute Gasteiger partial charge is 0.343 e. The van der Waals surface area contributed by atoms with E-state index in [1.807, 2.05) is 16.9 Å². The van der Waals surface area contributed by atoms with Crippen LogP contribution in [0.3, 0.4) is 0 Å². The molecule has 0 bridgehead atoms. The van der Waals surface area contributed by atoms with E-state index in [0.717, 1.165) is 39.0 Å². The average molecular weight is 381 g/mol. The van der Waals surface area contributed by atoms with Crippen molar-refractivity contribution in [3.8, 4) is 0 Å². The zero-order valence-corrected chi connectivity index (χ0v) is 17.0. The predicted molar refractivity (Wildman–Crippen MR) is 111 cm³/mol. The lowest BCUT2D eigenvalue weighted by Gasteiger charge is -2.50. The summed E-state index contributed by atoms with van der Waals surface area (Å²) in [4.78, 5) is 17.3. The summed E-state index contributed by atoms with van der Waals surface area (Å²) >= 11 is 0. The summed E-state index contributed by atoms with van der Waals surface area (Å²) < 4.78 is 1.84. The molecule has 1 aromatic heterocycles. The summed E-state index contributed by atoms with van der Waals surface area (Å²) in [5, 5.41) is 4.20. The minimum absolute atomic E-state index is 0.271. The van der Waals surface area contributed by atoms with Crippen molar-refractivity contribution in [2.45, 2.75) is 45.1 Å². The number of carbonyl (C=O) groups is 1. The molecule has 2 saturated heterocycles. The Bertz CT molecular complexity index is 750. The number of likely N-dealkylation sites (N-methyl/N-ethyl adjacent to an activating group) is 1. The van der Waals surface area contributed by atoms with E-state index in [-0.39, 0.29) is 5.91 Å². The Hall–Kier alpha value is -2.14. The Labute approximate surface area is 168 Å². The van der Waals surface area contributed by atoms with Crippen molar-refractivity contribution < 1.29 is 4.79 Å². The SMILES string of the molecule is CCN1C[C@H](c2ccccc2)CC2(CCN(C(=O)CCn3cccn3)CC2)C1. The molecule has 4 rings (SSSR count). The molecule has 0 N–H and O–H groups in total. The molecule has 0 aliphatic carbocycles. The topological polar surface area (TPSA) is 41.4 Å². The Balaban J connectivity index is 1.37. The number of carbonyl (C=O) groups excluding carboxylic acids is 1. The molecular weight excluding hydrogens is 348 g/mol. The van der Waals surface area contributed by atoms with E-state index < -0.39 is 0 Å². The fourth-order valence-electron chi connectivity index (χ4n) is 5.09. The Morgan fingerprint density at radius 3 is 2.64 bits per heavy atom. The molecule has 0 saturated carbocycles. The molecule has 28 heavy (non-hydrogen) atoms. The van der Waals surface area contributed by atoms with E-state index >= 15 is 0 Å². The molecular formula is C23H32N4O. The summed E-state index contributed by atoms with van der Waals surface area (Å²) in [6.07, 6.45) is 7.73. The smallest absolute Gasteiger partial charge is 0.224 e. The lowest BCUT2D eigenvalue weighted by Crippen LogP contribution is -2.52. The standard InChI is InChI=1S/C23H32N4O/c1-2-25-18-21(20-7-4-3-5-8-20)17-23(19-25)10-15-26(16-11-23)22(28)9-14-27-13-6-12-24-27/h3-8,12-13,21H,2,9-11,14-19H2,1H3/t21-/m1/s1. The summed E-state index contributed by atoms with van der Waals surface area (Å²) in [7, 11) is 0. The van der Waals surface area contributed by atoms with Crippen molar-refractivity contribution in [1.29, 1.82) is 0 Å². The lowest BCUT2D eigenvalue weighted by molar-refractivity contribution is -0.134. The van der Waals surface area contributed by atoms with Crippen LogP contribution in [-0.2, 0) is 11.3 Å². The van der Waals surface area contributed by atoms with Crippen LogP contribution in [0, 0.1) is 5.41 Å². The van der Waals surface area contributed by atoms with Crippen molar-refractivity contribution in [2.24, 2.45) is 5.41 Å². The zero-order chi connectivity index (χ0) is 19.4. The Kier molecular flexibility index (Phi) is 5.81. The Morgan fingerprint density at radius 2 is 1.96 bits per heavy atom. The first kappa shape index (κ1) is 19.2. The van der Waals surface area contributed by atoms with Crippen LogP contribution in [0.5, 0.6) is 0 Å². The third-order valence-corrected chi connectivity index (χ3v) is 6.73. The van der Waals surface area contributed by atoms with Gasteiger partial charge >= 0.3 is 0 Å². The number of hydrogen-bond acceptors (Lipinski definition) is 3. The summed E-state index contributed by atoms with van der Waals surface area (Å²) in [5.74, 6) is 0.880. The van der Waals surface area contributed by atoms with Gasteiger partial charge in [0.2, 0.25) is 5.91 Å². The van der Waals surface area contributed by atoms with E-state index in [0.29, 0.717) is 24.3 Å². The summed E-state index contributed by atoms with van der Waals surface area (Å²) in [5.41, 5.74) is 1.82. The highest BCUT2D eigenvalue weighted by Crippen LogP contribution is 2.45. The first-order valence-electron chi connectivity index (χ1n) is 10.7. The number of benzene rings is 1. The summed E-state index contributed by atoms with van der Waals surface area (Å²) in [6, 6.07) is 12.9. The van der Waals surface area contributed by atoms with Gasteiger partial charge in [0, 0.05) is 51.5 Å². The molecule has 0 unspecified atom stereocenters. The van der Waals surface area contributed by atoms with Crippen molar-refractivity contribution >= 4 is 5.91 Å². The van der Waals surface area contributed by atoms with Crippen LogP contribution in [0.2, 0.25) is 0 Å². The fraction of sp³-hybridized carbons (Fsp3) is 0.565. The van der Waals surface area contributed by atoms with Crippen LogP contribution in [0.1, 0.15) is 44.1 Å². The first-order valence-corrected chi connectivity index (χ1v) is 10.7. The minimum Gasteiger partial charge on any atom is -0.343 e. The predicted octanol–water partition coefficient (Wildman–Crippen LogP) is 3.39. The van der Waals surface area contributed by atoms with E-state index in [1.165, 1.54) is 18.5 Å². The second kappa shape index (κ2) is 8.48. The number of likely N-dealkylation sites (tertiary alicyclic amines) is 2. The molecule has 150 valence electrons. The quantitative estimate of drug-likeness (QED) is 0.798. The van der Waals surface area contributed by atoms with Crippen LogP contribution in [0.4, 0.5) is 0 Å². The molecule has 1 atom stereocenters. The first-order chi connectivity index (χ1) is 13.7. The van der Waals surface area contributed by atoms with Crippen LogP contribution in [0.25, 0.3) is 0 Å². The second-order valence-corrected chi connectivity index (χ2v) is 8.54. The van der Waals surface area contributed by atoms with Crippen molar-refractivity contribution in [2.75, 3.05) is 32.7 Å². The number of rotatable bonds is 5. The molecule has 5 heteroatoms. The maximum atomic E-state index is 12.6. The third-order valence-electron chi connectivity index (χ3n) is 6.73. The molecule has 2 aliphatic heterocycles. The van der Waals surface area contributed by atoms with Crippen LogP contribution in [0.15, 0.2) is 48.8 Å². The highest BCUT2D eigenvalue weighted by molar-refractivity contribution is 5.76. The van der Waals surface area contributed by atoms with E-state index in [9.17, 15) is 4.79 Å². The van der Waals surface area contributed by atoms with E-state index in [1.54, 1.807) is 6.20 Å². The van der Waals surface area contributed by atoms with Gasteiger partial charge in [-0.1, -0.05) is 37.3 Å². The number of aryl methyl sites for hydroxylation is 1. The van der Waals surface area contributed by atoms with Gasteiger partial charge in [-0.15, -0.1) is 0 Å². The van der Waals surface area contributed by atoms with Gasteiger partial charge in [-0.3, -0.25) is 9.48 Å². The van der Waals surface area contributed by atoms with Gasteiger partial charge in [-0.25, -0.2) is 0 Å². The molecule has 2 aliphatic rings. The van der Waals surface area contributed by atoms with Crippen LogP contribution in [-0.4, -0.2) is 58.2 Å². The zero-order valence-electron chi connectivity index (χ0n) is 17.0. The van der Waals surface area contributed by atoms with E-state index in [2.05, 4.69) is 52.2 Å². The van der Waals surface area contributed by atoms with Gasteiger partial charge in [0.25, 0.3) is 0 Å². The number of nitrogens with zero attached hydrogens (tertiary/aromatic N) is 4. The van der Waals surface area contributed by atoms with Crippen LogP contribution >= 0.6 is 0 Å². The lowest BCUT2D eigenvalue weighted by atomic mass is 9.68. The molecule has 1 spiro atoms. The van der Waals surface area contributed by atoms with Gasteiger partial charge in [0.1, 0.15) is 0 Å². The van der Waals surface area contributed by atoms with Gasteiger partial charge in [-0.2, -0.15) is 5.10 Å². The van der Waals surface area contributed by atoms with Crippen molar-refractivity contribution in [1.82, 2.24) is 19.6 Å². The minimum atomic E-state index is 0.271. The third kappa shape index (κ3) is 4.30. The van der Waals surface area contributed by atoms with Gasteiger partial charge in [0.05, 0.1) is 0 Å². The number of piperidine rings is 2. The monoisotopic (exact) mass is 380 g/mol. The number of aromatic nitrogens is 2. The molecule has 2 aromatic rings. The second-order valence-electron chi connectivity index (χ2n) is 8.54. The maximum Gasteiger partial charge on any atom is 0.224 e. The fourth-order valence-corrected chi connectivity index (χ4v) is 5.09. The molecule has 5 nitrogen and oxygen atoms in total. The number of hydrogen-bond donors (Lipinski definition) is 0. The normalized spacial score (nSPS) is 22.5. The van der Waals surface area contributed by atoms with Crippen molar-refractivity contribution in [3.63, 3.8) is 0 Å². The highest BCUT2D eigenvalue weighted by atomic mass is 16.2. The van der Waals surface area contributed by atoms with E-state index in [4.69, 9.17) is 0 Å². The van der Waals surface area contributed by atoms with Crippen molar-refractivity contribution in [3.05, 3.63) is 54.4 Å². The van der Waals surface area contributed by atoms with Gasteiger partial charge in [0.15, 0.2) is 0 Å². The number of amides is 1. The average Bonchev–Trinajstić information content (AvgIpc) is 3.26.